The number of alkyl carbamates (subject to hydrolysis) is 1. The van der Waals surface area contributed by atoms with E-state index in [0.717, 1.165) is 11.5 Å². The Bertz CT molecular complexity index is 324. The minimum Gasteiger partial charge on any atom is -0.444 e. The van der Waals surface area contributed by atoms with E-state index in [2.05, 4.69) is 5.32 Å². The number of carbonyl (C=O) groups is 2. The summed E-state index contributed by atoms with van der Waals surface area (Å²) >= 11 is 1.79. The first-order valence-electron chi connectivity index (χ1n) is 6.30. The number of thioether (sulfide) groups is 1. The highest BCUT2D eigenvalue weighted by Crippen LogP contribution is 2.11. The number of carbonyl (C=O) groups excluding carboxylic acids is 2. The number of nitrogens with one attached hydrogen (secondary N) is 1. The number of nitrogens with zero attached hydrogens (tertiary/aromatic N) is 1. The van der Waals surface area contributed by atoms with Gasteiger partial charge in [-0.1, -0.05) is 0 Å². The van der Waals surface area contributed by atoms with Crippen LogP contribution in [0.4, 0.5) is 4.79 Å². The highest BCUT2D eigenvalue weighted by atomic mass is 32.2. The van der Waals surface area contributed by atoms with Gasteiger partial charge in [0.2, 0.25) is 5.91 Å². The van der Waals surface area contributed by atoms with Gasteiger partial charge in [0, 0.05) is 24.6 Å². The third kappa shape index (κ3) is 5.69. The van der Waals surface area contributed by atoms with E-state index in [4.69, 9.17) is 4.74 Å². The molecule has 0 spiro atoms. The molecule has 7 heteroatoms. The van der Waals surface area contributed by atoms with Gasteiger partial charge < -0.3 is 20.1 Å². The van der Waals surface area contributed by atoms with E-state index in [9.17, 15) is 14.7 Å². The van der Waals surface area contributed by atoms with Crippen molar-refractivity contribution in [2.75, 3.05) is 31.2 Å². The molecule has 1 aliphatic heterocycles. The number of amides is 2. The van der Waals surface area contributed by atoms with Crippen molar-refractivity contribution in [2.24, 2.45) is 0 Å². The summed E-state index contributed by atoms with van der Waals surface area (Å²) in [5.41, 5.74) is -0.630. The molecule has 1 aliphatic rings. The van der Waals surface area contributed by atoms with E-state index in [0.29, 0.717) is 13.1 Å². The summed E-state index contributed by atoms with van der Waals surface area (Å²) < 4.78 is 5.07. The van der Waals surface area contributed by atoms with E-state index >= 15 is 0 Å². The van der Waals surface area contributed by atoms with Crippen molar-refractivity contribution in [1.29, 1.82) is 0 Å². The van der Waals surface area contributed by atoms with Crippen LogP contribution in [0.5, 0.6) is 0 Å². The van der Waals surface area contributed by atoms with Gasteiger partial charge in [-0.05, 0) is 20.8 Å². The Balaban J connectivity index is 2.52. The number of aliphatic hydroxyl groups is 1. The second-order valence-electron chi connectivity index (χ2n) is 5.32. The first-order chi connectivity index (χ1) is 8.83. The summed E-state index contributed by atoms with van der Waals surface area (Å²) in [6.07, 6.45) is -0.689. The van der Waals surface area contributed by atoms with Gasteiger partial charge in [-0.3, -0.25) is 4.79 Å². The molecule has 1 unspecified atom stereocenters. The van der Waals surface area contributed by atoms with Crippen molar-refractivity contribution < 1.29 is 19.4 Å². The number of hydrogen-bond acceptors (Lipinski definition) is 5. The summed E-state index contributed by atoms with van der Waals surface area (Å²) in [4.78, 5) is 25.4. The molecule has 6 nitrogen and oxygen atoms in total. The Morgan fingerprint density at radius 3 is 2.42 bits per heavy atom. The molecule has 1 saturated heterocycles. The zero-order valence-electron chi connectivity index (χ0n) is 11.6. The summed E-state index contributed by atoms with van der Waals surface area (Å²) in [6, 6.07) is -0.932. The molecule has 0 aliphatic carbocycles. The molecular formula is C12H22N2O4S. The zero-order valence-corrected chi connectivity index (χ0v) is 12.5. The van der Waals surface area contributed by atoms with Gasteiger partial charge >= 0.3 is 6.09 Å². The average molecular weight is 290 g/mol. The van der Waals surface area contributed by atoms with Crippen LogP contribution in [0.25, 0.3) is 0 Å². The van der Waals surface area contributed by atoms with Crippen molar-refractivity contribution in [1.82, 2.24) is 10.2 Å². The highest BCUT2D eigenvalue weighted by Gasteiger charge is 2.28. The molecule has 0 aromatic rings. The molecule has 0 bridgehead atoms. The van der Waals surface area contributed by atoms with Gasteiger partial charge in [0.25, 0.3) is 0 Å². The predicted octanol–water partition coefficient (Wildman–Crippen LogP) is 0.447. The van der Waals surface area contributed by atoms with Crippen LogP contribution in [0.1, 0.15) is 20.8 Å². The van der Waals surface area contributed by atoms with Gasteiger partial charge in [0.15, 0.2) is 0 Å². The number of ether oxygens (including phenoxy) is 1. The SMILES string of the molecule is CC(C)(C)OC(=O)NC(CO)C(=O)N1CCSCC1. The first kappa shape index (κ1) is 16.1. The molecule has 2 N–H and O–H groups in total. The Hall–Kier alpha value is -0.950. The lowest BCUT2D eigenvalue weighted by atomic mass is 10.2. The molecule has 110 valence electrons. The lowest BCUT2D eigenvalue weighted by Gasteiger charge is -2.30. The summed E-state index contributed by atoms with van der Waals surface area (Å²) in [6.45, 7) is 6.09. The van der Waals surface area contributed by atoms with Crippen LogP contribution >= 0.6 is 11.8 Å². The van der Waals surface area contributed by atoms with Crippen molar-refractivity contribution in [3.8, 4) is 0 Å². The maximum absolute atomic E-state index is 12.1. The van der Waals surface area contributed by atoms with Crippen LogP contribution in [0.3, 0.4) is 0 Å². The Morgan fingerprint density at radius 2 is 1.95 bits per heavy atom. The van der Waals surface area contributed by atoms with Gasteiger partial charge in [0.1, 0.15) is 11.6 Å². The topological polar surface area (TPSA) is 78.9 Å². The first-order valence-corrected chi connectivity index (χ1v) is 7.46. The summed E-state index contributed by atoms with van der Waals surface area (Å²) in [5, 5.41) is 11.7. The van der Waals surface area contributed by atoms with E-state index in [1.807, 2.05) is 0 Å². The van der Waals surface area contributed by atoms with Crippen molar-refractivity contribution in [3.63, 3.8) is 0 Å². The van der Waals surface area contributed by atoms with E-state index < -0.39 is 24.3 Å². The van der Waals surface area contributed by atoms with Crippen LogP contribution in [0.2, 0.25) is 0 Å². The third-order valence-corrected chi connectivity index (χ3v) is 3.44. The van der Waals surface area contributed by atoms with Crippen LogP contribution in [-0.4, -0.2) is 64.9 Å². The predicted molar refractivity (Wildman–Crippen MR) is 74.1 cm³/mol. The molecular weight excluding hydrogens is 268 g/mol. The van der Waals surface area contributed by atoms with E-state index in [-0.39, 0.29) is 5.91 Å². The molecule has 2 amide bonds. The molecule has 1 fully saturated rings. The monoisotopic (exact) mass is 290 g/mol. The Kier molecular flexibility index (Phi) is 5.93. The van der Waals surface area contributed by atoms with Crippen molar-refractivity contribution >= 4 is 23.8 Å². The smallest absolute Gasteiger partial charge is 0.408 e. The van der Waals surface area contributed by atoms with E-state index in [1.165, 1.54) is 0 Å². The number of aliphatic hydroxyl groups excluding tert-OH is 1. The minimum absolute atomic E-state index is 0.256. The second-order valence-corrected chi connectivity index (χ2v) is 6.54. The molecule has 1 atom stereocenters. The van der Waals surface area contributed by atoms with Crippen molar-refractivity contribution in [3.05, 3.63) is 0 Å². The lowest BCUT2D eigenvalue weighted by Crippen LogP contribution is -2.53. The summed E-state index contributed by atoms with van der Waals surface area (Å²) in [5.74, 6) is 1.51. The van der Waals surface area contributed by atoms with Crippen LogP contribution in [0.15, 0.2) is 0 Å². The van der Waals surface area contributed by atoms with Gasteiger partial charge in [-0.15, -0.1) is 0 Å². The average Bonchev–Trinajstić information content (AvgIpc) is 2.34. The minimum atomic E-state index is -0.932. The quantitative estimate of drug-likeness (QED) is 0.789. The van der Waals surface area contributed by atoms with Crippen molar-refractivity contribution in [2.45, 2.75) is 32.4 Å². The zero-order chi connectivity index (χ0) is 14.5. The number of rotatable bonds is 3. The maximum Gasteiger partial charge on any atom is 0.408 e. The molecule has 0 aromatic carbocycles. The number of hydrogen-bond donors (Lipinski definition) is 2. The maximum atomic E-state index is 12.1. The van der Waals surface area contributed by atoms with Gasteiger partial charge in [0.05, 0.1) is 6.61 Å². The molecule has 1 heterocycles. The molecule has 0 radical (unpaired) electrons. The van der Waals surface area contributed by atoms with Gasteiger partial charge in [-0.2, -0.15) is 11.8 Å². The molecule has 0 aromatic heterocycles. The fourth-order valence-electron chi connectivity index (χ4n) is 1.64. The Morgan fingerprint density at radius 1 is 1.37 bits per heavy atom. The molecule has 0 saturated carbocycles. The largest absolute Gasteiger partial charge is 0.444 e. The lowest BCUT2D eigenvalue weighted by molar-refractivity contribution is -0.134. The van der Waals surface area contributed by atoms with Crippen LogP contribution in [0, 0.1) is 0 Å². The fourth-order valence-corrected chi connectivity index (χ4v) is 2.54. The summed E-state index contributed by atoms with van der Waals surface area (Å²) in [7, 11) is 0. The second kappa shape index (κ2) is 7.00. The Labute approximate surface area is 117 Å². The highest BCUT2D eigenvalue weighted by molar-refractivity contribution is 7.99. The fraction of sp³-hybridized carbons (Fsp3) is 0.833. The van der Waals surface area contributed by atoms with Crippen LogP contribution < -0.4 is 5.32 Å². The molecule has 19 heavy (non-hydrogen) atoms. The molecule has 1 rings (SSSR count). The van der Waals surface area contributed by atoms with E-state index in [1.54, 1.807) is 37.4 Å². The standard InChI is InChI=1S/C12H22N2O4S/c1-12(2,3)18-11(17)13-9(8-15)10(16)14-4-6-19-7-5-14/h9,15H,4-8H2,1-3H3,(H,13,17). The van der Waals surface area contributed by atoms with Gasteiger partial charge in [-0.25, -0.2) is 4.79 Å². The third-order valence-electron chi connectivity index (χ3n) is 2.49. The van der Waals surface area contributed by atoms with Crippen LogP contribution in [-0.2, 0) is 9.53 Å². The normalized spacial score (nSPS) is 17.8.